The molecule has 1 rings (SSSR count). The summed E-state index contributed by atoms with van der Waals surface area (Å²) in [5.41, 5.74) is 0. The normalized spacial score (nSPS) is 18.0. The Hall–Kier alpha value is -0.420. The number of ether oxygens (including phenoxy) is 6. The molecule has 1 saturated heterocycles. The van der Waals surface area contributed by atoms with Crippen LogP contribution in [0.15, 0.2) is 0 Å². The van der Waals surface area contributed by atoms with E-state index in [2.05, 4.69) is 13.8 Å². The van der Waals surface area contributed by atoms with Gasteiger partial charge in [-0.25, -0.2) is 4.79 Å². The van der Waals surface area contributed by atoms with Crippen LogP contribution in [0.1, 0.15) is 142 Å². The van der Waals surface area contributed by atoms with E-state index in [0.29, 0.717) is 38.8 Å². The van der Waals surface area contributed by atoms with Crippen LogP contribution in [0.25, 0.3) is 0 Å². The summed E-state index contributed by atoms with van der Waals surface area (Å²) in [7, 11) is 3.98. The zero-order chi connectivity index (χ0) is 34.0. The van der Waals surface area contributed by atoms with Crippen LogP contribution >= 0.6 is 11.8 Å². The lowest BCUT2D eigenvalue weighted by molar-refractivity contribution is -0.0891. The molecule has 0 aromatic rings. The second-order valence-electron chi connectivity index (χ2n) is 13.4. The standard InChI is InChI=1S/C38H75NO7S/c1-5-7-9-11-13-15-17-19-21-23-26-41-28-30-43-35-33-45-36(34-46-38(40)47-32-25-39(3)4)37(35)44-31-29-42-27-24-22-20-18-16-14-12-10-8-6-2/h35-37H,5-34H2,1-4H3/t35-,36+,37+/m0/s1. The van der Waals surface area contributed by atoms with Gasteiger partial charge < -0.3 is 33.3 Å². The summed E-state index contributed by atoms with van der Waals surface area (Å²) in [4.78, 5) is 14.3. The zero-order valence-corrected chi connectivity index (χ0v) is 32.0. The fourth-order valence-corrected chi connectivity index (χ4v) is 6.51. The quantitative estimate of drug-likeness (QED) is 0.0478. The predicted octanol–water partition coefficient (Wildman–Crippen LogP) is 9.46. The van der Waals surface area contributed by atoms with Crippen molar-refractivity contribution in [1.29, 1.82) is 0 Å². The molecule has 1 fully saturated rings. The Morgan fingerprint density at radius 1 is 0.638 bits per heavy atom. The van der Waals surface area contributed by atoms with Crippen LogP contribution in [-0.4, -0.2) is 108 Å². The SMILES string of the molecule is CCCCCCCCCCCCOCCO[C@@H]1[C@@H](OCCOCCCCCCCCCCCC)CO[C@@H]1COC(=O)SCCN(C)C. The van der Waals surface area contributed by atoms with Gasteiger partial charge >= 0.3 is 5.30 Å². The van der Waals surface area contributed by atoms with Crippen LogP contribution in [-0.2, 0) is 28.4 Å². The van der Waals surface area contributed by atoms with Crippen molar-refractivity contribution in [3.05, 3.63) is 0 Å². The Labute approximate surface area is 294 Å². The van der Waals surface area contributed by atoms with Gasteiger partial charge in [0.05, 0.1) is 33.0 Å². The zero-order valence-electron chi connectivity index (χ0n) is 31.2. The Kier molecular flexibility index (Phi) is 32.3. The maximum Gasteiger partial charge on any atom is 0.367 e. The third kappa shape index (κ3) is 28.0. The summed E-state index contributed by atoms with van der Waals surface area (Å²) < 4.78 is 35.6. The molecule has 0 spiro atoms. The van der Waals surface area contributed by atoms with Gasteiger partial charge in [0.2, 0.25) is 0 Å². The fourth-order valence-electron chi connectivity index (χ4n) is 5.74. The van der Waals surface area contributed by atoms with Crippen molar-refractivity contribution in [1.82, 2.24) is 4.90 Å². The summed E-state index contributed by atoms with van der Waals surface area (Å²) in [5, 5.41) is -0.279. The molecular weight excluding hydrogens is 614 g/mol. The number of unbranched alkanes of at least 4 members (excludes halogenated alkanes) is 18. The van der Waals surface area contributed by atoms with Gasteiger partial charge in [-0.3, -0.25) is 0 Å². The lowest BCUT2D eigenvalue weighted by Crippen LogP contribution is -2.39. The van der Waals surface area contributed by atoms with E-state index in [0.717, 1.165) is 32.6 Å². The minimum absolute atomic E-state index is 0.160. The summed E-state index contributed by atoms with van der Waals surface area (Å²) in [5.74, 6) is 0.693. The van der Waals surface area contributed by atoms with E-state index in [1.54, 1.807) is 0 Å². The van der Waals surface area contributed by atoms with Crippen LogP contribution in [0.3, 0.4) is 0 Å². The van der Waals surface area contributed by atoms with Gasteiger partial charge in [0.25, 0.3) is 0 Å². The summed E-state index contributed by atoms with van der Waals surface area (Å²) in [6, 6.07) is 0. The van der Waals surface area contributed by atoms with Crippen LogP contribution in [0.5, 0.6) is 0 Å². The summed E-state index contributed by atoms with van der Waals surface area (Å²) in [6.07, 6.45) is 25.5. The molecule has 1 aliphatic heterocycles. The van der Waals surface area contributed by atoms with Crippen molar-refractivity contribution in [2.75, 3.05) is 79.2 Å². The second-order valence-corrected chi connectivity index (χ2v) is 14.4. The molecule has 0 N–H and O–H groups in total. The molecule has 47 heavy (non-hydrogen) atoms. The van der Waals surface area contributed by atoms with Crippen molar-refractivity contribution in [2.45, 2.75) is 161 Å². The van der Waals surface area contributed by atoms with Crippen molar-refractivity contribution >= 4 is 17.1 Å². The number of carbonyl (C=O) groups excluding carboxylic acids is 1. The van der Waals surface area contributed by atoms with Crippen molar-refractivity contribution < 1.29 is 33.2 Å². The van der Waals surface area contributed by atoms with E-state index in [-0.39, 0.29) is 30.2 Å². The minimum Gasteiger partial charge on any atom is -0.455 e. The minimum atomic E-state index is -0.354. The van der Waals surface area contributed by atoms with Gasteiger partial charge in [0.1, 0.15) is 24.9 Å². The van der Waals surface area contributed by atoms with E-state index in [4.69, 9.17) is 28.4 Å². The van der Waals surface area contributed by atoms with E-state index in [1.165, 1.54) is 127 Å². The van der Waals surface area contributed by atoms with Crippen LogP contribution in [0, 0.1) is 0 Å². The molecule has 8 nitrogen and oxygen atoms in total. The van der Waals surface area contributed by atoms with Crippen LogP contribution in [0.2, 0.25) is 0 Å². The number of nitrogens with zero attached hydrogens (tertiary/aromatic N) is 1. The van der Waals surface area contributed by atoms with Gasteiger partial charge in [-0.05, 0) is 38.7 Å². The van der Waals surface area contributed by atoms with E-state index in [1.807, 2.05) is 19.0 Å². The molecule has 0 aromatic carbocycles. The van der Waals surface area contributed by atoms with Crippen molar-refractivity contribution in [3.63, 3.8) is 0 Å². The number of carbonyl (C=O) groups is 1. The van der Waals surface area contributed by atoms with E-state index in [9.17, 15) is 4.79 Å². The Bertz CT molecular complexity index is 672. The Morgan fingerprint density at radius 2 is 1.11 bits per heavy atom. The highest BCUT2D eigenvalue weighted by Crippen LogP contribution is 2.22. The molecule has 280 valence electrons. The predicted molar refractivity (Wildman–Crippen MR) is 197 cm³/mol. The summed E-state index contributed by atoms with van der Waals surface area (Å²) >= 11 is 1.19. The van der Waals surface area contributed by atoms with Gasteiger partial charge in [0, 0.05) is 25.5 Å². The number of hydrogen-bond acceptors (Lipinski definition) is 9. The van der Waals surface area contributed by atoms with Gasteiger partial charge in [-0.2, -0.15) is 0 Å². The first-order valence-corrected chi connectivity index (χ1v) is 20.5. The topological polar surface area (TPSA) is 75.7 Å². The largest absolute Gasteiger partial charge is 0.455 e. The first-order chi connectivity index (χ1) is 23.1. The molecule has 0 radical (unpaired) electrons. The van der Waals surface area contributed by atoms with Gasteiger partial charge in [0.15, 0.2) is 0 Å². The smallest absolute Gasteiger partial charge is 0.367 e. The average molecular weight is 690 g/mol. The summed E-state index contributed by atoms with van der Waals surface area (Å²) in [6.45, 7) is 9.53. The monoisotopic (exact) mass is 690 g/mol. The lowest BCUT2D eigenvalue weighted by Gasteiger charge is -2.23. The lowest BCUT2D eigenvalue weighted by atomic mass is 10.1. The number of hydrogen-bond donors (Lipinski definition) is 0. The molecule has 0 saturated carbocycles. The van der Waals surface area contributed by atoms with E-state index < -0.39 is 0 Å². The molecule has 0 amide bonds. The molecule has 0 bridgehead atoms. The fraction of sp³-hybridized carbons (Fsp3) is 0.974. The molecule has 0 aliphatic carbocycles. The molecule has 3 atom stereocenters. The molecule has 0 aromatic heterocycles. The van der Waals surface area contributed by atoms with Gasteiger partial charge in [-0.15, -0.1) is 0 Å². The molecule has 9 heteroatoms. The molecule has 1 heterocycles. The third-order valence-electron chi connectivity index (χ3n) is 8.71. The highest BCUT2D eigenvalue weighted by Gasteiger charge is 2.39. The second kappa shape index (κ2) is 34.0. The maximum atomic E-state index is 12.2. The van der Waals surface area contributed by atoms with Gasteiger partial charge in [-0.1, -0.05) is 129 Å². The Balaban J connectivity index is 2.23. The van der Waals surface area contributed by atoms with Crippen LogP contribution in [0.4, 0.5) is 4.79 Å². The van der Waals surface area contributed by atoms with Crippen molar-refractivity contribution in [3.8, 4) is 0 Å². The highest BCUT2D eigenvalue weighted by atomic mass is 32.2. The molecule has 0 unspecified atom stereocenters. The van der Waals surface area contributed by atoms with Crippen molar-refractivity contribution in [2.24, 2.45) is 0 Å². The first-order valence-electron chi connectivity index (χ1n) is 19.5. The Morgan fingerprint density at radius 3 is 1.60 bits per heavy atom. The van der Waals surface area contributed by atoms with Crippen LogP contribution < -0.4 is 0 Å². The average Bonchev–Trinajstić information content (AvgIpc) is 3.45. The van der Waals surface area contributed by atoms with E-state index >= 15 is 0 Å². The number of thioether (sulfide) groups is 1. The first kappa shape index (κ1) is 44.6. The third-order valence-corrected chi connectivity index (χ3v) is 9.45. The molecule has 1 aliphatic rings. The maximum absolute atomic E-state index is 12.2. The highest BCUT2D eigenvalue weighted by molar-refractivity contribution is 8.13. The number of rotatable bonds is 35. The molecular formula is C38H75NO7S.